The topological polar surface area (TPSA) is 228 Å². The molecule has 0 spiro atoms. The Morgan fingerprint density at radius 3 is 1.41 bits per heavy atom. The molecular formula is C64H115NO13. The van der Waals surface area contributed by atoms with E-state index in [4.69, 9.17) is 18.9 Å². The molecule has 14 nitrogen and oxygen atoms in total. The standard InChI is InChI=1S/C64H115NO13/c1-3-5-7-9-11-13-15-17-19-20-21-22-23-24-25-26-27-28-29-30-31-32-34-35-37-39-41-43-45-47-53(68)52(65-56(69)48-46-44-42-40-38-36-33-18-16-14-12-10-8-6-4-2)51-75-63-61(74)59(72)62(55(50-67)77-63)78-64-60(73)58(71)57(70)54(49-66)76-64/h6,8,12,14,18,33,37,39,45,47,52-55,57-64,66-68,70-74H,3-5,7,9-11,13,15-17,19-32,34-36,38,40-44,46,48-51H2,1-2H3,(H,65,69)/b8-6-,14-12-,33-18-,39-37+,47-45+. The van der Waals surface area contributed by atoms with Gasteiger partial charge in [0.25, 0.3) is 0 Å². The molecule has 0 aliphatic carbocycles. The van der Waals surface area contributed by atoms with Gasteiger partial charge in [-0.15, -0.1) is 0 Å². The van der Waals surface area contributed by atoms with Crippen molar-refractivity contribution in [2.75, 3.05) is 19.8 Å². The summed E-state index contributed by atoms with van der Waals surface area (Å²) in [5.41, 5.74) is 0. The summed E-state index contributed by atoms with van der Waals surface area (Å²) in [5, 5.41) is 87.1. The highest BCUT2D eigenvalue weighted by Gasteiger charge is 2.51. The van der Waals surface area contributed by atoms with Crippen molar-refractivity contribution < 1.29 is 64.6 Å². The monoisotopic (exact) mass is 1110 g/mol. The van der Waals surface area contributed by atoms with E-state index in [1.165, 1.54) is 148 Å². The lowest BCUT2D eigenvalue weighted by atomic mass is 9.97. The first kappa shape index (κ1) is 71.8. The smallest absolute Gasteiger partial charge is 0.220 e. The molecule has 0 aromatic carbocycles. The number of hydrogen-bond acceptors (Lipinski definition) is 13. The highest BCUT2D eigenvalue weighted by atomic mass is 16.7. The molecule has 2 rings (SSSR count). The quantitative estimate of drug-likeness (QED) is 0.0204. The lowest BCUT2D eigenvalue weighted by Crippen LogP contribution is -2.65. The Bertz CT molecular complexity index is 1540. The predicted molar refractivity (Wildman–Crippen MR) is 314 cm³/mol. The van der Waals surface area contributed by atoms with Crippen molar-refractivity contribution in [1.29, 1.82) is 0 Å². The van der Waals surface area contributed by atoms with Gasteiger partial charge < -0.3 is 65.1 Å². The van der Waals surface area contributed by atoms with Gasteiger partial charge in [0.1, 0.15) is 48.8 Å². The van der Waals surface area contributed by atoms with E-state index in [-0.39, 0.29) is 18.9 Å². The average molecular weight is 1110 g/mol. The number of aliphatic hydroxyl groups excluding tert-OH is 8. The average Bonchev–Trinajstić information content (AvgIpc) is 3.48. The molecule has 2 heterocycles. The summed E-state index contributed by atoms with van der Waals surface area (Å²) in [5.74, 6) is -0.267. The summed E-state index contributed by atoms with van der Waals surface area (Å²) >= 11 is 0. The van der Waals surface area contributed by atoms with Gasteiger partial charge >= 0.3 is 0 Å². The Balaban J connectivity index is 1.72. The van der Waals surface area contributed by atoms with E-state index in [1.807, 2.05) is 6.08 Å². The van der Waals surface area contributed by atoms with Gasteiger partial charge in [0.05, 0.1) is 32.0 Å². The third kappa shape index (κ3) is 34.2. The molecule has 0 radical (unpaired) electrons. The van der Waals surface area contributed by atoms with Gasteiger partial charge in [0, 0.05) is 6.42 Å². The van der Waals surface area contributed by atoms with E-state index in [0.717, 1.165) is 64.2 Å². The maximum atomic E-state index is 13.2. The van der Waals surface area contributed by atoms with Crippen LogP contribution < -0.4 is 5.32 Å². The number of aliphatic hydroxyl groups is 8. The van der Waals surface area contributed by atoms with Crippen molar-refractivity contribution in [3.05, 3.63) is 60.8 Å². The number of carbonyl (C=O) groups is 1. The number of carbonyl (C=O) groups excluding carboxylic acids is 1. The Morgan fingerprint density at radius 2 is 0.897 bits per heavy atom. The molecule has 9 N–H and O–H groups in total. The number of rotatable bonds is 50. The summed E-state index contributed by atoms with van der Waals surface area (Å²) in [4.78, 5) is 13.2. The van der Waals surface area contributed by atoms with Crippen LogP contribution >= 0.6 is 0 Å². The molecule has 78 heavy (non-hydrogen) atoms. The molecule has 2 saturated heterocycles. The number of amides is 1. The van der Waals surface area contributed by atoms with Crippen molar-refractivity contribution in [1.82, 2.24) is 5.32 Å². The van der Waals surface area contributed by atoms with Crippen LogP contribution in [0.3, 0.4) is 0 Å². The maximum Gasteiger partial charge on any atom is 0.220 e. The first-order valence-corrected chi connectivity index (χ1v) is 31.5. The Hall–Kier alpha value is -2.31. The summed E-state index contributed by atoms with van der Waals surface area (Å²) in [6.45, 7) is 2.66. The van der Waals surface area contributed by atoms with Gasteiger partial charge in [-0.25, -0.2) is 0 Å². The molecular weight excluding hydrogens is 991 g/mol. The minimum Gasteiger partial charge on any atom is -0.394 e. The van der Waals surface area contributed by atoms with Crippen LogP contribution in [0.15, 0.2) is 60.8 Å². The Kier molecular flexibility index (Phi) is 45.4. The molecule has 2 aliphatic heterocycles. The number of ether oxygens (including phenoxy) is 4. The zero-order chi connectivity index (χ0) is 56.7. The summed E-state index contributed by atoms with van der Waals surface area (Å²) in [6, 6.07) is -0.943. The van der Waals surface area contributed by atoms with Crippen molar-refractivity contribution in [3.63, 3.8) is 0 Å². The molecule has 2 aliphatic rings. The number of nitrogens with one attached hydrogen (secondary N) is 1. The molecule has 12 unspecified atom stereocenters. The van der Waals surface area contributed by atoms with Crippen LogP contribution in [0, 0.1) is 0 Å². The van der Waals surface area contributed by atoms with Crippen LogP contribution in [0.25, 0.3) is 0 Å². The molecule has 1 amide bonds. The second kappa shape index (κ2) is 49.3. The van der Waals surface area contributed by atoms with Gasteiger partial charge in [-0.2, -0.15) is 0 Å². The number of unbranched alkanes of at least 4 members (excludes halogenated alkanes) is 29. The second-order valence-electron chi connectivity index (χ2n) is 22.1. The fourth-order valence-corrected chi connectivity index (χ4v) is 10.1. The highest BCUT2D eigenvalue weighted by Crippen LogP contribution is 2.30. The van der Waals surface area contributed by atoms with Crippen molar-refractivity contribution in [3.8, 4) is 0 Å². The molecule has 0 bridgehead atoms. The third-order valence-electron chi connectivity index (χ3n) is 15.2. The minimum atomic E-state index is -1.79. The molecule has 454 valence electrons. The second-order valence-corrected chi connectivity index (χ2v) is 22.1. The molecule has 0 aromatic rings. The minimum absolute atomic E-state index is 0.252. The van der Waals surface area contributed by atoms with Crippen LogP contribution in [0.5, 0.6) is 0 Å². The number of hydrogen-bond donors (Lipinski definition) is 9. The fraction of sp³-hybridized carbons (Fsp3) is 0.828. The van der Waals surface area contributed by atoms with E-state index in [0.29, 0.717) is 12.8 Å². The van der Waals surface area contributed by atoms with E-state index < -0.39 is 86.8 Å². The maximum absolute atomic E-state index is 13.2. The summed E-state index contributed by atoms with van der Waals surface area (Å²) in [6.07, 6.45) is 47.1. The molecule has 14 heteroatoms. The fourth-order valence-electron chi connectivity index (χ4n) is 10.1. The highest BCUT2D eigenvalue weighted by molar-refractivity contribution is 5.76. The molecule has 0 aromatic heterocycles. The van der Waals surface area contributed by atoms with Gasteiger partial charge in [0.15, 0.2) is 12.6 Å². The SMILES string of the molecule is CC/C=C\C/C=C\C/C=C\CCCCCCCC(=O)NC(COC1OC(CO)C(OC2OC(CO)C(O)C(O)C2O)C(O)C1O)C(O)/C=C/CC/C=C/CCCCCCCCCCCCCCCCCCCCCCCCC. The van der Waals surface area contributed by atoms with E-state index >= 15 is 0 Å². The Labute approximate surface area is 473 Å². The number of allylic oxidation sites excluding steroid dienone is 9. The van der Waals surface area contributed by atoms with Gasteiger partial charge in [0.2, 0.25) is 5.91 Å². The van der Waals surface area contributed by atoms with Gasteiger partial charge in [-0.1, -0.05) is 235 Å². The molecule has 0 saturated carbocycles. The van der Waals surface area contributed by atoms with Crippen LogP contribution in [-0.2, 0) is 23.7 Å². The zero-order valence-electron chi connectivity index (χ0n) is 48.9. The normalized spacial score (nSPS) is 24.9. The predicted octanol–water partition coefficient (Wildman–Crippen LogP) is 11.3. The van der Waals surface area contributed by atoms with E-state index in [1.54, 1.807) is 6.08 Å². The van der Waals surface area contributed by atoms with Gasteiger partial charge in [-0.05, 0) is 64.2 Å². The van der Waals surface area contributed by atoms with Gasteiger partial charge in [-0.3, -0.25) is 4.79 Å². The van der Waals surface area contributed by atoms with Crippen molar-refractivity contribution in [2.24, 2.45) is 0 Å². The van der Waals surface area contributed by atoms with E-state index in [9.17, 15) is 45.6 Å². The summed E-state index contributed by atoms with van der Waals surface area (Å²) < 4.78 is 22.8. The van der Waals surface area contributed by atoms with E-state index in [2.05, 4.69) is 67.8 Å². The first-order valence-electron chi connectivity index (χ1n) is 31.5. The first-order chi connectivity index (χ1) is 38.1. The van der Waals surface area contributed by atoms with Crippen molar-refractivity contribution in [2.45, 2.75) is 319 Å². The molecule has 2 fully saturated rings. The zero-order valence-corrected chi connectivity index (χ0v) is 48.9. The lowest BCUT2D eigenvalue weighted by molar-refractivity contribution is -0.359. The van der Waals surface area contributed by atoms with Crippen molar-refractivity contribution >= 4 is 5.91 Å². The van der Waals surface area contributed by atoms with Crippen LogP contribution in [0.4, 0.5) is 0 Å². The Morgan fingerprint density at radius 1 is 0.474 bits per heavy atom. The van der Waals surface area contributed by atoms with Crippen LogP contribution in [0.2, 0.25) is 0 Å². The molecule has 12 atom stereocenters. The van der Waals surface area contributed by atoms with Crippen LogP contribution in [-0.4, -0.2) is 140 Å². The van der Waals surface area contributed by atoms with Crippen LogP contribution in [0.1, 0.15) is 245 Å². The third-order valence-corrected chi connectivity index (χ3v) is 15.2. The summed E-state index contributed by atoms with van der Waals surface area (Å²) in [7, 11) is 0. The lowest BCUT2D eigenvalue weighted by Gasteiger charge is -2.46. The largest absolute Gasteiger partial charge is 0.394 e.